The number of aromatic nitrogens is 3. The van der Waals surface area contributed by atoms with Gasteiger partial charge in [0.05, 0.1) is 23.1 Å². The molecule has 1 saturated heterocycles. The average molecular weight is 256 g/mol. The van der Waals surface area contributed by atoms with E-state index in [2.05, 4.69) is 32.8 Å². The van der Waals surface area contributed by atoms with Crippen molar-refractivity contribution in [1.29, 1.82) is 0 Å². The second-order valence-corrected chi connectivity index (χ2v) is 5.43. The molecule has 1 aromatic carbocycles. The molecule has 2 aromatic heterocycles. The first-order valence-electron chi connectivity index (χ1n) is 6.00. The van der Waals surface area contributed by atoms with E-state index >= 15 is 0 Å². The topological polar surface area (TPSA) is 53.6 Å². The van der Waals surface area contributed by atoms with E-state index in [1.54, 1.807) is 17.7 Å². The molecule has 2 N–H and O–H groups in total. The molecule has 1 aliphatic rings. The van der Waals surface area contributed by atoms with Gasteiger partial charge in [-0.1, -0.05) is 0 Å². The van der Waals surface area contributed by atoms with Gasteiger partial charge in [0, 0.05) is 30.0 Å². The fourth-order valence-electron chi connectivity index (χ4n) is 2.17. The zero-order valence-electron chi connectivity index (χ0n) is 9.68. The van der Waals surface area contributed by atoms with Gasteiger partial charge in [-0.25, -0.2) is 9.97 Å². The van der Waals surface area contributed by atoms with Crippen molar-refractivity contribution in [1.82, 2.24) is 20.3 Å². The summed E-state index contributed by atoms with van der Waals surface area (Å²) in [5.41, 5.74) is 4.45. The Kier molecular flexibility index (Phi) is 2.21. The van der Waals surface area contributed by atoms with E-state index in [0.717, 1.165) is 34.7 Å². The minimum Gasteiger partial charge on any atom is -0.345 e. The Morgan fingerprint density at radius 3 is 3.06 bits per heavy atom. The van der Waals surface area contributed by atoms with Crippen LogP contribution in [0.15, 0.2) is 29.9 Å². The van der Waals surface area contributed by atoms with Crippen molar-refractivity contribution in [3.8, 4) is 10.6 Å². The number of hydrogen-bond donors (Lipinski definition) is 2. The fraction of sp³-hybridized carbons (Fsp3) is 0.231. The molecule has 5 heteroatoms. The molecule has 4 nitrogen and oxygen atoms in total. The second-order valence-electron chi connectivity index (χ2n) is 4.57. The largest absolute Gasteiger partial charge is 0.345 e. The van der Waals surface area contributed by atoms with Crippen molar-refractivity contribution >= 4 is 22.4 Å². The van der Waals surface area contributed by atoms with E-state index in [0.29, 0.717) is 5.92 Å². The molecule has 0 radical (unpaired) electrons. The zero-order chi connectivity index (χ0) is 11.9. The lowest BCUT2D eigenvalue weighted by atomic mass is 10.0. The molecule has 0 spiro atoms. The van der Waals surface area contributed by atoms with Gasteiger partial charge in [0.2, 0.25) is 0 Å². The van der Waals surface area contributed by atoms with Crippen molar-refractivity contribution in [2.24, 2.45) is 0 Å². The van der Waals surface area contributed by atoms with Crippen molar-refractivity contribution < 1.29 is 0 Å². The van der Waals surface area contributed by atoms with Gasteiger partial charge in [-0.05, 0) is 18.2 Å². The lowest BCUT2D eigenvalue weighted by molar-refractivity contribution is 0.441. The summed E-state index contributed by atoms with van der Waals surface area (Å²) in [5.74, 6) is 0.603. The van der Waals surface area contributed by atoms with Gasteiger partial charge in [0.1, 0.15) is 5.01 Å². The van der Waals surface area contributed by atoms with Crippen molar-refractivity contribution in [3.05, 3.63) is 35.6 Å². The maximum Gasteiger partial charge on any atom is 0.123 e. The number of benzene rings is 1. The van der Waals surface area contributed by atoms with E-state index in [4.69, 9.17) is 4.98 Å². The van der Waals surface area contributed by atoms with E-state index in [-0.39, 0.29) is 0 Å². The highest BCUT2D eigenvalue weighted by molar-refractivity contribution is 7.13. The van der Waals surface area contributed by atoms with Gasteiger partial charge < -0.3 is 10.3 Å². The summed E-state index contributed by atoms with van der Waals surface area (Å²) in [5, 5.41) is 6.55. The summed E-state index contributed by atoms with van der Waals surface area (Å²) in [7, 11) is 0. The number of nitrogens with zero attached hydrogens (tertiary/aromatic N) is 2. The molecule has 3 aromatic rings. The Morgan fingerprint density at radius 2 is 2.22 bits per heavy atom. The Bertz CT molecular complexity index is 696. The first kappa shape index (κ1) is 10.2. The van der Waals surface area contributed by atoms with E-state index in [9.17, 15) is 0 Å². The summed E-state index contributed by atoms with van der Waals surface area (Å²) in [6, 6.07) is 6.24. The van der Waals surface area contributed by atoms with Crippen LogP contribution in [0, 0.1) is 0 Å². The van der Waals surface area contributed by atoms with Gasteiger partial charge in [-0.2, -0.15) is 0 Å². The predicted molar refractivity (Wildman–Crippen MR) is 72.8 cm³/mol. The number of thiazole rings is 1. The molecule has 3 heterocycles. The zero-order valence-corrected chi connectivity index (χ0v) is 10.5. The number of aromatic amines is 1. The molecule has 4 rings (SSSR count). The van der Waals surface area contributed by atoms with Gasteiger partial charge in [-0.15, -0.1) is 11.3 Å². The number of imidazole rings is 1. The van der Waals surface area contributed by atoms with Gasteiger partial charge in [0.25, 0.3) is 0 Å². The summed E-state index contributed by atoms with van der Waals surface area (Å²) in [6.45, 7) is 2.12. The summed E-state index contributed by atoms with van der Waals surface area (Å²) >= 11 is 1.72. The number of rotatable bonds is 2. The lowest BCUT2D eigenvalue weighted by Crippen LogP contribution is -2.40. The smallest absolute Gasteiger partial charge is 0.123 e. The molecule has 0 saturated carbocycles. The van der Waals surface area contributed by atoms with Gasteiger partial charge in [-0.3, -0.25) is 0 Å². The normalized spacial score (nSPS) is 16.0. The average Bonchev–Trinajstić information content (AvgIpc) is 2.93. The Labute approximate surface area is 108 Å². The maximum atomic E-state index is 4.74. The number of H-pyrrole nitrogens is 1. The lowest BCUT2D eigenvalue weighted by Gasteiger charge is -2.25. The molecule has 0 bridgehead atoms. The highest BCUT2D eigenvalue weighted by Crippen LogP contribution is 2.29. The van der Waals surface area contributed by atoms with Gasteiger partial charge in [0.15, 0.2) is 0 Å². The van der Waals surface area contributed by atoms with Crippen molar-refractivity contribution in [2.75, 3.05) is 13.1 Å². The first-order valence-corrected chi connectivity index (χ1v) is 6.88. The first-order chi connectivity index (χ1) is 8.90. The van der Waals surface area contributed by atoms with Crippen LogP contribution in [0.25, 0.3) is 21.6 Å². The maximum absolute atomic E-state index is 4.74. The fourth-order valence-corrected chi connectivity index (χ4v) is 3.07. The Morgan fingerprint density at radius 1 is 1.28 bits per heavy atom. The summed E-state index contributed by atoms with van der Waals surface area (Å²) in [4.78, 5) is 12.1. The molecule has 0 atom stereocenters. The van der Waals surface area contributed by atoms with Gasteiger partial charge >= 0.3 is 0 Å². The molecule has 90 valence electrons. The molecular weight excluding hydrogens is 244 g/mol. The monoisotopic (exact) mass is 256 g/mol. The number of hydrogen-bond acceptors (Lipinski definition) is 4. The standard InChI is InChI=1S/C13H12N4S/c1-2-10-11(16-7-15-10)3-8(1)13-17-12(6-18-13)9-4-14-5-9/h1-3,6-7,9,14H,4-5H2,(H,15,16). The van der Waals surface area contributed by atoms with Crippen molar-refractivity contribution in [3.63, 3.8) is 0 Å². The van der Waals surface area contributed by atoms with Crippen LogP contribution in [-0.4, -0.2) is 28.0 Å². The molecule has 1 aliphatic heterocycles. The number of nitrogens with one attached hydrogen (secondary N) is 2. The number of fused-ring (bicyclic) bond motifs is 1. The summed E-state index contributed by atoms with van der Waals surface area (Å²) in [6.07, 6.45) is 1.72. The molecule has 1 fully saturated rings. The van der Waals surface area contributed by atoms with E-state index in [1.807, 2.05) is 6.07 Å². The minimum absolute atomic E-state index is 0.603. The van der Waals surface area contributed by atoms with Crippen LogP contribution in [0.3, 0.4) is 0 Å². The van der Waals surface area contributed by atoms with E-state index < -0.39 is 0 Å². The predicted octanol–water partition coefficient (Wildman–Crippen LogP) is 2.37. The van der Waals surface area contributed by atoms with Crippen LogP contribution in [0.4, 0.5) is 0 Å². The van der Waals surface area contributed by atoms with Crippen LogP contribution >= 0.6 is 11.3 Å². The SMILES string of the molecule is c1nc2ccc(-c3nc(C4CNC4)cs3)cc2[nH]1. The highest BCUT2D eigenvalue weighted by atomic mass is 32.1. The summed E-state index contributed by atoms with van der Waals surface area (Å²) < 4.78 is 0. The third-order valence-corrected chi connectivity index (χ3v) is 4.30. The quantitative estimate of drug-likeness (QED) is 0.740. The van der Waals surface area contributed by atoms with Crippen LogP contribution in [0.5, 0.6) is 0 Å². The second kappa shape index (κ2) is 3.90. The van der Waals surface area contributed by atoms with Crippen LogP contribution in [0.1, 0.15) is 11.6 Å². The van der Waals surface area contributed by atoms with Crippen molar-refractivity contribution in [2.45, 2.75) is 5.92 Å². The van der Waals surface area contributed by atoms with Crippen LogP contribution < -0.4 is 5.32 Å². The third kappa shape index (κ3) is 1.55. The molecule has 0 amide bonds. The molecule has 18 heavy (non-hydrogen) atoms. The third-order valence-electron chi connectivity index (χ3n) is 3.39. The highest BCUT2D eigenvalue weighted by Gasteiger charge is 2.21. The molecular formula is C13H12N4S. The van der Waals surface area contributed by atoms with Crippen LogP contribution in [0.2, 0.25) is 0 Å². The van der Waals surface area contributed by atoms with Crippen LogP contribution in [-0.2, 0) is 0 Å². The molecule has 0 aliphatic carbocycles. The Hall–Kier alpha value is -1.72. The Balaban J connectivity index is 1.74. The minimum atomic E-state index is 0.603. The molecule has 0 unspecified atom stereocenters. The van der Waals surface area contributed by atoms with E-state index in [1.165, 1.54) is 5.69 Å².